The lowest BCUT2D eigenvalue weighted by Gasteiger charge is -2.10. The van der Waals surface area contributed by atoms with Gasteiger partial charge in [0.2, 0.25) is 17.7 Å². The minimum atomic E-state index is -0.296. The summed E-state index contributed by atoms with van der Waals surface area (Å²) in [6.07, 6.45) is 0. The average Bonchev–Trinajstić information content (AvgIpc) is 2.26. The van der Waals surface area contributed by atoms with E-state index in [4.69, 9.17) is 4.74 Å². The van der Waals surface area contributed by atoms with E-state index in [2.05, 4.69) is 20.6 Å². The molecule has 0 aliphatic carbocycles. The number of aryl methyl sites for hydroxylation is 1. The number of amides is 1. The predicted octanol–water partition coefficient (Wildman–Crippen LogP) is 0.340. The van der Waals surface area contributed by atoms with Crippen LogP contribution in [0.2, 0.25) is 0 Å². The van der Waals surface area contributed by atoms with E-state index in [9.17, 15) is 4.79 Å². The Bertz CT molecular complexity index is 381. The van der Waals surface area contributed by atoms with Crippen LogP contribution in [0.15, 0.2) is 6.07 Å². The van der Waals surface area contributed by atoms with E-state index in [0.29, 0.717) is 5.88 Å². The molecule has 1 atom stereocenters. The second-order valence-corrected chi connectivity index (χ2v) is 3.37. The zero-order valence-corrected chi connectivity index (χ0v) is 9.87. The molecule has 1 heterocycles. The van der Waals surface area contributed by atoms with Crippen molar-refractivity contribution in [1.29, 1.82) is 0 Å². The molecule has 6 heteroatoms. The maximum absolute atomic E-state index is 11.6. The van der Waals surface area contributed by atoms with Crippen LogP contribution >= 0.6 is 0 Å². The highest BCUT2D eigenvalue weighted by Crippen LogP contribution is 2.11. The third kappa shape index (κ3) is 3.16. The first kappa shape index (κ1) is 12.4. The number of anilines is 1. The molecule has 0 bridgehead atoms. The van der Waals surface area contributed by atoms with Gasteiger partial charge >= 0.3 is 0 Å². The molecule has 0 radical (unpaired) electrons. The average molecular weight is 224 g/mol. The van der Waals surface area contributed by atoms with Crippen molar-refractivity contribution < 1.29 is 9.53 Å². The summed E-state index contributed by atoms with van der Waals surface area (Å²) in [5.41, 5.74) is 0.735. The molecule has 0 spiro atoms. The highest BCUT2D eigenvalue weighted by Gasteiger charge is 2.12. The van der Waals surface area contributed by atoms with Gasteiger partial charge in [0.15, 0.2) is 0 Å². The summed E-state index contributed by atoms with van der Waals surface area (Å²) in [5, 5.41) is 5.43. The van der Waals surface area contributed by atoms with E-state index in [1.165, 1.54) is 7.11 Å². The number of rotatable bonds is 4. The molecule has 0 aromatic carbocycles. The van der Waals surface area contributed by atoms with Gasteiger partial charge in [0.1, 0.15) is 0 Å². The Morgan fingerprint density at radius 1 is 1.50 bits per heavy atom. The molecular weight excluding hydrogens is 208 g/mol. The monoisotopic (exact) mass is 224 g/mol. The minimum Gasteiger partial charge on any atom is -0.481 e. The molecule has 2 N–H and O–H groups in total. The standard InChI is InChI=1S/C10H16N4O2/c1-6-5-8(16-4)13-10(12-6)14-9(15)7(2)11-3/h5,7,11H,1-4H3,(H,12,13,14,15). The number of carbonyl (C=O) groups excluding carboxylic acids is 1. The van der Waals surface area contributed by atoms with Crippen molar-refractivity contribution in [3.8, 4) is 5.88 Å². The lowest BCUT2D eigenvalue weighted by Crippen LogP contribution is -2.36. The van der Waals surface area contributed by atoms with E-state index in [-0.39, 0.29) is 17.9 Å². The van der Waals surface area contributed by atoms with Gasteiger partial charge < -0.3 is 10.1 Å². The number of likely N-dealkylation sites (N-methyl/N-ethyl adjacent to an activating group) is 1. The van der Waals surface area contributed by atoms with Gasteiger partial charge in [0, 0.05) is 11.8 Å². The Kier molecular flexibility index (Phi) is 4.19. The second kappa shape index (κ2) is 5.41. The number of hydrogen-bond donors (Lipinski definition) is 2. The number of nitrogens with zero attached hydrogens (tertiary/aromatic N) is 2. The van der Waals surface area contributed by atoms with Crippen molar-refractivity contribution in [1.82, 2.24) is 15.3 Å². The number of ether oxygens (including phenoxy) is 1. The maximum Gasteiger partial charge on any atom is 0.243 e. The van der Waals surface area contributed by atoms with Crippen molar-refractivity contribution in [3.63, 3.8) is 0 Å². The highest BCUT2D eigenvalue weighted by atomic mass is 16.5. The number of hydrogen-bond acceptors (Lipinski definition) is 5. The zero-order valence-electron chi connectivity index (χ0n) is 9.87. The van der Waals surface area contributed by atoms with Gasteiger partial charge in [-0.25, -0.2) is 4.98 Å². The summed E-state index contributed by atoms with van der Waals surface area (Å²) in [4.78, 5) is 19.7. The topological polar surface area (TPSA) is 76.1 Å². The summed E-state index contributed by atoms with van der Waals surface area (Å²) < 4.78 is 4.99. The van der Waals surface area contributed by atoms with Crippen LogP contribution in [0, 0.1) is 6.92 Å². The SMILES string of the molecule is CNC(C)C(=O)Nc1nc(C)cc(OC)n1. The summed E-state index contributed by atoms with van der Waals surface area (Å²) in [6.45, 7) is 3.56. The lowest BCUT2D eigenvalue weighted by molar-refractivity contribution is -0.117. The fourth-order valence-electron chi connectivity index (χ4n) is 1.05. The third-order valence-corrected chi connectivity index (χ3v) is 2.10. The molecule has 0 fully saturated rings. The van der Waals surface area contributed by atoms with Crippen LogP contribution in [0.1, 0.15) is 12.6 Å². The van der Waals surface area contributed by atoms with Crippen molar-refractivity contribution in [2.45, 2.75) is 19.9 Å². The molecule has 1 unspecified atom stereocenters. The number of methoxy groups -OCH3 is 1. The molecule has 0 saturated heterocycles. The normalized spacial score (nSPS) is 12.0. The summed E-state index contributed by atoms with van der Waals surface area (Å²) in [6, 6.07) is 1.40. The Morgan fingerprint density at radius 2 is 2.19 bits per heavy atom. The number of aromatic nitrogens is 2. The molecule has 88 valence electrons. The number of nitrogens with one attached hydrogen (secondary N) is 2. The molecule has 1 aromatic heterocycles. The van der Waals surface area contributed by atoms with Crippen LogP contribution in [0.3, 0.4) is 0 Å². The van der Waals surface area contributed by atoms with Crippen LogP contribution in [0.25, 0.3) is 0 Å². The smallest absolute Gasteiger partial charge is 0.243 e. The van der Waals surface area contributed by atoms with Crippen LogP contribution in [-0.2, 0) is 4.79 Å². The first-order valence-electron chi connectivity index (χ1n) is 4.94. The van der Waals surface area contributed by atoms with Gasteiger partial charge in [0.25, 0.3) is 0 Å². The van der Waals surface area contributed by atoms with Gasteiger partial charge in [-0.05, 0) is 20.9 Å². The molecule has 16 heavy (non-hydrogen) atoms. The van der Waals surface area contributed by atoms with Crippen molar-refractivity contribution in [2.24, 2.45) is 0 Å². The molecule has 0 aliphatic heterocycles. The molecule has 1 aromatic rings. The summed E-state index contributed by atoms with van der Waals surface area (Å²) in [5.74, 6) is 0.499. The van der Waals surface area contributed by atoms with Crippen molar-refractivity contribution >= 4 is 11.9 Å². The van der Waals surface area contributed by atoms with E-state index in [1.54, 1.807) is 27.0 Å². The van der Waals surface area contributed by atoms with Gasteiger partial charge in [-0.1, -0.05) is 0 Å². The van der Waals surface area contributed by atoms with Crippen LogP contribution in [-0.4, -0.2) is 36.1 Å². The Labute approximate surface area is 94.4 Å². The van der Waals surface area contributed by atoms with Crippen molar-refractivity contribution in [3.05, 3.63) is 11.8 Å². The first-order chi connectivity index (χ1) is 7.56. The minimum absolute atomic E-state index is 0.185. The van der Waals surface area contributed by atoms with Crippen molar-refractivity contribution in [2.75, 3.05) is 19.5 Å². The summed E-state index contributed by atoms with van der Waals surface area (Å²) in [7, 11) is 3.23. The van der Waals surface area contributed by atoms with E-state index < -0.39 is 0 Å². The fourth-order valence-corrected chi connectivity index (χ4v) is 1.05. The van der Waals surface area contributed by atoms with Crippen LogP contribution in [0.5, 0.6) is 5.88 Å². The molecule has 1 rings (SSSR count). The zero-order chi connectivity index (χ0) is 12.1. The van der Waals surface area contributed by atoms with E-state index in [1.807, 2.05) is 0 Å². The third-order valence-electron chi connectivity index (χ3n) is 2.10. The first-order valence-corrected chi connectivity index (χ1v) is 4.94. The summed E-state index contributed by atoms with van der Waals surface area (Å²) >= 11 is 0. The Hall–Kier alpha value is -1.69. The van der Waals surface area contributed by atoms with Gasteiger partial charge in [-0.2, -0.15) is 4.98 Å². The predicted molar refractivity (Wildman–Crippen MR) is 60.5 cm³/mol. The molecular formula is C10H16N4O2. The lowest BCUT2D eigenvalue weighted by atomic mass is 10.3. The second-order valence-electron chi connectivity index (χ2n) is 3.37. The van der Waals surface area contributed by atoms with Crippen LogP contribution in [0.4, 0.5) is 5.95 Å². The molecule has 0 aliphatic rings. The Balaban J connectivity index is 2.81. The molecule has 1 amide bonds. The van der Waals surface area contributed by atoms with E-state index in [0.717, 1.165) is 5.69 Å². The Morgan fingerprint density at radius 3 is 2.75 bits per heavy atom. The van der Waals surface area contributed by atoms with Gasteiger partial charge in [-0.3, -0.25) is 10.1 Å². The maximum atomic E-state index is 11.6. The molecule has 0 saturated carbocycles. The quantitative estimate of drug-likeness (QED) is 0.771. The van der Waals surface area contributed by atoms with Gasteiger partial charge in [0.05, 0.1) is 13.2 Å². The largest absolute Gasteiger partial charge is 0.481 e. The van der Waals surface area contributed by atoms with E-state index >= 15 is 0 Å². The highest BCUT2D eigenvalue weighted by molar-refractivity contribution is 5.93. The number of carbonyl (C=O) groups is 1. The molecule has 6 nitrogen and oxygen atoms in total. The van der Waals surface area contributed by atoms with Gasteiger partial charge in [-0.15, -0.1) is 0 Å². The van der Waals surface area contributed by atoms with Crippen LogP contribution < -0.4 is 15.4 Å². The fraction of sp³-hybridized carbons (Fsp3) is 0.500.